The number of rotatable bonds is 8. The number of hydrogen-bond acceptors (Lipinski definition) is 15. The third-order valence-electron chi connectivity index (χ3n) is 7.03. The number of carbonyl (C=O) groups is 1. The van der Waals surface area contributed by atoms with Gasteiger partial charge >= 0.3 is 0 Å². The van der Waals surface area contributed by atoms with E-state index in [4.69, 9.17) is 47.6 Å². The van der Waals surface area contributed by atoms with Crippen molar-refractivity contribution in [1.82, 2.24) is 4.90 Å². The highest BCUT2D eigenvalue weighted by Crippen LogP contribution is 2.31. The normalized spacial score (nSPS) is 50.0. The first-order valence-corrected chi connectivity index (χ1v) is 11.8. The Labute approximate surface area is 208 Å². The molecule has 36 heavy (non-hydrogen) atoms. The van der Waals surface area contributed by atoms with Gasteiger partial charge in [-0.05, 0) is 6.42 Å². The average molecular weight is 525 g/mol. The lowest BCUT2D eigenvalue weighted by Gasteiger charge is -2.48. The van der Waals surface area contributed by atoms with Gasteiger partial charge in [-0.1, -0.05) is 0 Å². The zero-order valence-electron chi connectivity index (χ0n) is 20.0. The van der Waals surface area contributed by atoms with Gasteiger partial charge in [0.2, 0.25) is 6.41 Å². The Bertz CT molecular complexity index is 726. The van der Waals surface area contributed by atoms with Crippen LogP contribution in [0.1, 0.15) is 6.42 Å². The summed E-state index contributed by atoms with van der Waals surface area (Å²) in [5, 5.41) is 52.3. The van der Waals surface area contributed by atoms with E-state index >= 15 is 0 Å². The molecule has 15 N–H and O–H groups in total. The number of aliphatic hydroxyl groups is 5. The Kier molecular flexibility index (Phi) is 9.97. The van der Waals surface area contributed by atoms with Crippen LogP contribution >= 0.6 is 0 Å². The van der Waals surface area contributed by atoms with Gasteiger partial charge in [0.15, 0.2) is 12.6 Å². The Morgan fingerprint density at radius 2 is 1.36 bits per heavy atom. The Morgan fingerprint density at radius 3 is 1.92 bits per heavy atom. The summed E-state index contributed by atoms with van der Waals surface area (Å²) in [7, 11) is 1.48. The molecule has 3 aliphatic rings. The third-order valence-corrected chi connectivity index (χ3v) is 7.03. The van der Waals surface area contributed by atoms with Crippen LogP contribution in [0.25, 0.3) is 0 Å². The first-order valence-electron chi connectivity index (χ1n) is 11.8. The molecule has 0 aromatic heterocycles. The maximum atomic E-state index is 11.1. The highest BCUT2D eigenvalue weighted by atomic mass is 16.7. The van der Waals surface area contributed by atoms with E-state index in [9.17, 15) is 30.3 Å². The molecule has 1 aliphatic carbocycles. The summed E-state index contributed by atoms with van der Waals surface area (Å²) in [5.74, 6) is 0. The first-order chi connectivity index (χ1) is 16.9. The zero-order valence-corrected chi connectivity index (χ0v) is 20.0. The molecule has 15 atom stereocenters. The third kappa shape index (κ3) is 5.97. The number of carbonyl (C=O) groups excluding carboxylic acids is 1. The van der Waals surface area contributed by atoms with Crippen LogP contribution in [-0.2, 0) is 23.7 Å². The maximum absolute atomic E-state index is 11.1. The van der Waals surface area contributed by atoms with E-state index in [-0.39, 0.29) is 19.5 Å². The quantitative estimate of drug-likeness (QED) is 0.132. The number of amides is 1. The molecule has 0 aromatic rings. The van der Waals surface area contributed by atoms with Crippen molar-refractivity contribution in [2.75, 3.05) is 20.1 Å². The van der Waals surface area contributed by atoms with Crippen LogP contribution in [0, 0.1) is 0 Å². The van der Waals surface area contributed by atoms with Gasteiger partial charge in [-0.3, -0.25) is 4.79 Å². The molecule has 2 saturated heterocycles. The van der Waals surface area contributed by atoms with Crippen LogP contribution in [0.3, 0.4) is 0 Å². The minimum Gasteiger partial charge on any atom is -0.389 e. The van der Waals surface area contributed by atoms with Crippen molar-refractivity contribution in [1.29, 1.82) is 0 Å². The SMILES string of the molecule is CN(C=O)C[C@H]1O[C@H](O[C@@H]2[C@@H](O)[C@H](O[C@H]3O[C@H](CN)[C@@H](O)[C@H](O)[C@H]3N)[C@@H](N)C[C@H]2N)[C@H](O)[C@@H](N)[C@@H]1O. The molecule has 0 spiro atoms. The van der Waals surface area contributed by atoms with E-state index in [1.807, 2.05) is 0 Å². The molecule has 0 aromatic carbocycles. The number of nitrogens with two attached hydrogens (primary N) is 5. The largest absolute Gasteiger partial charge is 0.389 e. The molecule has 0 unspecified atom stereocenters. The molecule has 3 rings (SSSR count). The van der Waals surface area contributed by atoms with Crippen LogP contribution < -0.4 is 28.7 Å². The molecule has 16 heteroatoms. The number of aliphatic hydroxyl groups excluding tert-OH is 5. The Balaban J connectivity index is 1.73. The second kappa shape index (κ2) is 12.2. The predicted molar refractivity (Wildman–Crippen MR) is 121 cm³/mol. The average Bonchev–Trinajstić information content (AvgIpc) is 2.85. The Hall–Kier alpha value is -1.09. The van der Waals surface area contributed by atoms with Gasteiger partial charge in [0, 0.05) is 32.2 Å². The molecule has 0 radical (unpaired) electrons. The van der Waals surface area contributed by atoms with Crippen molar-refractivity contribution < 1.29 is 49.3 Å². The van der Waals surface area contributed by atoms with Crippen molar-refractivity contribution >= 4 is 6.41 Å². The summed E-state index contributed by atoms with van der Waals surface area (Å²) in [6, 6.07) is -3.94. The summed E-state index contributed by atoms with van der Waals surface area (Å²) < 4.78 is 22.9. The van der Waals surface area contributed by atoms with Crippen LogP contribution in [0.2, 0.25) is 0 Å². The fourth-order valence-corrected chi connectivity index (χ4v) is 4.77. The predicted octanol–water partition coefficient (Wildman–Crippen LogP) is -7.23. The van der Waals surface area contributed by atoms with Gasteiger partial charge in [0.25, 0.3) is 0 Å². The van der Waals surface area contributed by atoms with Gasteiger partial charge in [0.05, 0.1) is 18.2 Å². The Morgan fingerprint density at radius 1 is 0.806 bits per heavy atom. The highest BCUT2D eigenvalue weighted by Gasteiger charge is 2.51. The summed E-state index contributed by atoms with van der Waals surface area (Å²) >= 11 is 0. The zero-order chi connectivity index (χ0) is 26.9. The molecule has 2 aliphatic heterocycles. The molecule has 1 saturated carbocycles. The van der Waals surface area contributed by atoms with E-state index in [0.29, 0.717) is 6.41 Å². The fraction of sp³-hybridized carbons (Fsp3) is 0.950. The van der Waals surface area contributed by atoms with Gasteiger partial charge in [-0.25, -0.2) is 0 Å². The molecule has 1 amide bonds. The van der Waals surface area contributed by atoms with Crippen LogP contribution in [-0.4, -0.2) is 149 Å². The van der Waals surface area contributed by atoms with Crippen molar-refractivity contribution in [2.45, 2.75) is 98.1 Å². The molecule has 2 heterocycles. The minimum absolute atomic E-state index is 0.0335. The lowest BCUT2D eigenvalue weighted by Crippen LogP contribution is -2.69. The number of ether oxygens (including phenoxy) is 4. The van der Waals surface area contributed by atoms with Crippen LogP contribution in [0.5, 0.6) is 0 Å². The number of nitrogens with zero attached hydrogens (tertiary/aromatic N) is 1. The summed E-state index contributed by atoms with van der Waals surface area (Å²) in [5.41, 5.74) is 29.9. The lowest BCUT2D eigenvalue weighted by atomic mass is 9.84. The fourth-order valence-electron chi connectivity index (χ4n) is 4.77. The summed E-state index contributed by atoms with van der Waals surface area (Å²) in [6.07, 6.45) is -13.2. The smallest absolute Gasteiger partial charge is 0.209 e. The monoisotopic (exact) mass is 524 g/mol. The van der Waals surface area contributed by atoms with Gasteiger partial charge in [-0.2, -0.15) is 0 Å². The van der Waals surface area contributed by atoms with E-state index < -0.39 is 91.7 Å². The van der Waals surface area contributed by atoms with Crippen molar-refractivity contribution in [2.24, 2.45) is 28.7 Å². The van der Waals surface area contributed by atoms with Gasteiger partial charge in [-0.15, -0.1) is 0 Å². The van der Waals surface area contributed by atoms with Crippen molar-refractivity contribution in [3.8, 4) is 0 Å². The second-order valence-corrected chi connectivity index (χ2v) is 9.74. The first kappa shape index (κ1) is 29.5. The van der Waals surface area contributed by atoms with Crippen LogP contribution in [0.4, 0.5) is 0 Å². The van der Waals surface area contributed by atoms with Gasteiger partial charge < -0.3 is 78.0 Å². The van der Waals surface area contributed by atoms with E-state index in [2.05, 4.69) is 0 Å². The topological polar surface area (TPSA) is 288 Å². The molecule has 16 nitrogen and oxygen atoms in total. The van der Waals surface area contributed by atoms with Crippen molar-refractivity contribution in [3.63, 3.8) is 0 Å². The van der Waals surface area contributed by atoms with E-state index in [1.165, 1.54) is 11.9 Å². The van der Waals surface area contributed by atoms with Crippen molar-refractivity contribution in [3.05, 3.63) is 0 Å². The van der Waals surface area contributed by atoms with E-state index in [0.717, 1.165) is 0 Å². The number of likely N-dealkylation sites (N-methyl/N-ethyl adjacent to an activating group) is 1. The summed E-state index contributed by atoms with van der Waals surface area (Å²) in [6.45, 7) is -0.154. The standard InChI is InChI=1S/C20H40N6O10/c1-26(5-27)4-9-12(28)10(24)15(31)20(34-9)36-18-7(23)2-6(22)17(16(18)32)35-19-11(25)14(30)13(29)8(3-21)33-19/h5-20,28-32H,2-4,21-25H2,1H3/t6-,7+,8+,9+,10-,11+,12+,13+,14+,15+,16-,17+,18-,19+,20+/m0/s1. The summed E-state index contributed by atoms with van der Waals surface area (Å²) in [4.78, 5) is 12.2. The van der Waals surface area contributed by atoms with Gasteiger partial charge in [0.1, 0.15) is 48.8 Å². The molecule has 0 bridgehead atoms. The maximum Gasteiger partial charge on any atom is 0.209 e. The second-order valence-electron chi connectivity index (χ2n) is 9.74. The lowest BCUT2D eigenvalue weighted by molar-refractivity contribution is -0.317. The van der Waals surface area contributed by atoms with Crippen LogP contribution in [0.15, 0.2) is 0 Å². The number of hydrogen-bond donors (Lipinski definition) is 10. The molecular formula is C20H40N6O10. The molecular weight excluding hydrogens is 484 g/mol. The highest BCUT2D eigenvalue weighted by molar-refractivity contribution is 5.46. The molecule has 210 valence electrons. The minimum atomic E-state index is -1.48. The molecule has 3 fully saturated rings. The van der Waals surface area contributed by atoms with E-state index in [1.54, 1.807) is 0 Å².